The van der Waals surface area contributed by atoms with E-state index in [0.717, 1.165) is 11.1 Å². The number of hydrogen-bond acceptors (Lipinski definition) is 4. The Morgan fingerprint density at radius 2 is 1.04 bits per heavy atom. The molecule has 0 spiro atoms. The highest BCUT2D eigenvalue weighted by Gasteiger charge is 2.32. The van der Waals surface area contributed by atoms with Gasteiger partial charge in [0.05, 0.1) is 11.4 Å². The summed E-state index contributed by atoms with van der Waals surface area (Å²) >= 11 is 3.08. The topological polar surface area (TPSA) is 70.5 Å². The third-order valence-electron chi connectivity index (χ3n) is 3.37. The van der Waals surface area contributed by atoms with Gasteiger partial charge >= 0.3 is 12.7 Å². The van der Waals surface area contributed by atoms with Crippen LogP contribution in [0.5, 0.6) is 11.5 Å². The lowest BCUT2D eigenvalue weighted by Crippen LogP contribution is -2.18. The van der Waals surface area contributed by atoms with Crippen LogP contribution in [0.1, 0.15) is 16.7 Å². The first kappa shape index (κ1) is 23.7. The molecule has 0 atom stereocenters. The second kappa shape index (κ2) is 8.80. The fraction of sp³-hybridized carbons (Fsp3) is 0.294. The number of alkyl halides is 6. The molecule has 2 rings (SSSR count). The van der Waals surface area contributed by atoms with Crippen molar-refractivity contribution in [3.63, 3.8) is 0 Å². The second-order valence-electron chi connectivity index (χ2n) is 5.71. The molecule has 2 aromatic rings. The molecule has 0 saturated carbocycles. The number of aryl methyl sites for hydroxylation is 3. The molecule has 0 saturated heterocycles. The zero-order valence-corrected chi connectivity index (χ0v) is 16.5. The molecule has 0 heterocycles. The van der Waals surface area contributed by atoms with Crippen LogP contribution < -0.4 is 20.9 Å². The highest BCUT2D eigenvalue weighted by molar-refractivity contribution is 9.10. The van der Waals surface area contributed by atoms with Crippen molar-refractivity contribution >= 4 is 27.3 Å². The number of anilines is 2. The molecule has 2 aromatic carbocycles. The Bertz CT molecular complexity index is 768. The molecule has 4 nitrogen and oxygen atoms in total. The maximum absolute atomic E-state index is 11.9. The van der Waals surface area contributed by atoms with Crippen molar-refractivity contribution in [3.05, 3.63) is 45.4 Å². The molecule has 4 N–H and O–H groups in total. The molecular formula is C17H17BrF6N2O2. The van der Waals surface area contributed by atoms with Gasteiger partial charge in [-0.2, -0.15) is 0 Å². The van der Waals surface area contributed by atoms with Crippen molar-refractivity contribution in [1.29, 1.82) is 0 Å². The molecule has 0 aliphatic heterocycles. The van der Waals surface area contributed by atoms with E-state index in [9.17, 15) is 26.3 Å². The van der Waals surface area contributed by atoms with Gasteiger partial charge in [-0.3, -0.25) is 0 Å². The fourth-order valence-corrected chi connectivity index (χ4v) is 2.25. The van der Waals surface area contributed by atoms with E-state index in [-0.39, 0.29) is 17.1 Å². The van der Waals surface area contributed by atoms with Crippen LogP contribution in [0.15, 0.2) is 28.7 Å². The number of hydrogen-bond donors (Lipinski definition) is 2. The van der Waals surface area contributed by atoms with Gasteiger partial charge in [0.15, 0.2) is 11.5 Å². The van der Waals surface area contributed by atoms with E-state index in [1.807, 2.05) is 0 Å². The maximum atomic E-state index is 11.9. The third-order valence-corrected chi connectivity index (χ3v) is 4.22. The van der Waals surface area contributed by atoms with E-state index in [0.29, 0.717) is 10.0 Å². The van der Waals surface area contributed by atoms with Crippen LogP contribution in [0.2, 0.25) is 0 Å². The molecular weight excluding hydrogens is 458 g/mol. The van der Waals surface area contributed by atoms with Crippen LogP contribution in [0.25, 0.3) is 0 Å². The molecule has 0 aliphatic carbocycles. The Morgan fingerprint density at radius 1 is 0.679 bits per heavy atom. The van der Waals surface area contributed by atoms with Gasteiger partial charge in [0.1, 0.15) is 0 Å². The summed E-state index contributed by atoms with van der Waals surface area (Å²) in [5.74, 6) is -0.740. The Kier molecular flexibility index (Phi) is 7.46. The maximum Gasteiger partial charge on any atom is 0.573 e. The Labute approximate surface area is 165 Å². The second-order valence-corrected chi connectivity index (χ2v) is 6.56. The lowest BCUT2D eigenvalue weighted by Gasteiger charge is -2.12. The quantitative estimate of drug-likeness (QED) is 0.412. The van der Waals surface area contributed by atoms with Gasteiger partial charge in [0, 0.05) is 4.47 Å². The summed E-state index contributed by atoms with van der Waals surface area (Å²) in [5.41, 5.74) is 13.0. The minimum atomic E-state index is -4.72. The lowest BCUT2D eigenvalue weighted by atomic mass is 10.1. The van der Waals surface area contributed by atoms with Crippen molar-refractivity contribution in [2.75, 3.05) is 11.5 Å². The average Bonchev–Trinajstić information content (AvgIpc) is 2.48. The minimum Gasteiger partial charge on any atom is -0.404 e. The zero-order chi connectivity index (χ0) is 21.9. The first-order chi connectivity index (χ1) is 12.6. The molecule has 0 fully saturated rings. The van der Waals surface area contributed by atoms with E-state index in [1.54, 1.807) is 20.8 Å². The summed E-state index contributed by atoms with van der Waals surface area (Å²) in [6.45, 7) is 5.18. The van der Waals surface area contributed by atoms with Crippen LogP contribution in [0.3, 0.4) is 0 Å². The van der Waals surface area contributed by atoms with Crippen LogP contribution in [0, 0.1) is 20.8 Å². The van der Waals surface area contributed by atoms with Gasteiger partial charge in [0.2, 0.25) is 0 Å². The molecule has 11 heteroatoms. The van der Waals surface area contributed by atoms with Crippen LogP contribution in [0.4, 0.5) is 37.7 Å². The average molecular weight is 475 g/mol. The van der Waals surface area contributed by atoms with Crippen LogP contribution >= 0.6 is 15.9 Å². The highest BCUT2D eigenvalue weighted by Crippen LogP contribution is 2.33. The Hall–Kier alpha value is -2.30. The monoisotopic (exact) mass is 474 g/mol. The van der Waals surface area contributed by atoms with Crippen LogP contribution in [-0.4, -0.2) is 12.7 Å². The van der Waals surface area contributed by atoms with E-state index in [1.165, 1.54) is 24.3 Å². The van der Waals surface area contributed by atoms with Crippen molar-refractivity contribution in [1.82, 2.24) is 0 Å². The summed E-state index contributed by atoms with van der Waals surface area (Å²) in [4.78, 5) is 0. The molecule has 0 unspecified atom stereocenters. The SMILES string of the molecule is Cc1cc(N)c(OC(F)(F)F)cc1Br.Cc1cc(N)c(OC(F)(F)F)cc1C. The zero-order valence-electron chi connectivity index (χ0n) is 14.9. The van der Waals surface area contributed by atoms with Gasteiger partial charge in [-0.1, -0.05) is 15.9 Å². The summed E-state index contributed by atoms with van der Waals surface area (Å²) in [6, 6.07) is 5.33. The summed E-state index contributed by atoms with van der Waals surface area (Å²) in [7, 11) is 0. The fourth-order valence-electron chi connectivity index (χ4n) is 1.92. The molecule has 0 bridgehead atoms. The normalized spacial score (nSPS) is 11.5. The molecule has 0 radical (unpaired) electrons. The first-order valence-corrected chi connectivity index (χ1v) is 8.32. The summed E-state index contributed by atoms with van der Waals surface area (Å²) in [5, 5.41) is 0. The molecule has 28 heavy (non-hydrogen) atoms. The van der Waals surface area contributed by atoms with Gasteiger partial charge in [-0.05, 0) is 61.7 Å². The van der Waals surface area contributed by atoms with Gasteiger partial charge in [-0.15, -0.1) is 26.3 Å². The molecule has 156 valence electrons. The standard InChI is InChI=1S/C9H10F3NO.C8H7BrF3NO/c1-5-3-7(13)8(4-6(5)2)14-9(10,11)12;1-4-2-6(13)7(3-5(4)9)14-8(10,11)12/h3-4H,13H2,1-2H3;2-3H,13H2,1H3. The number of rotatable bonds is 2. The lowest BCUT2D eigenvalue weighted by molar-refractivity contribution is -0.275. The number of benzene rings is 2. The van der Waals surface area contributed by atoms with Gasteiger partial charge < -0.3 is 20.9 Å². The highest BCUT2D eigenvalue weighted by atomic mass is 79.9. The summed E-state index contributed by atoms with van der Waals surface area (Å²) < 4.78 is 79.2. The van der Waals surface area contributed by atoms with E-state index < -0.39 is 18.5 Å². The number of nitrogens with two attached hydrogens (primary N) is 2. The van der Waals surface area contributed by atoms with E-state index >= 15 is 0 Å². The number of ether oxygens (including phenoxy) is 2. The Balaban J connectivity index is 0.000000280. The predicted octanol–water partition coefficient (Wildman–Crippen LogP) is 6.02. The minimum absolute atomic E-state index is 0.00887. The van der Waals surface area contributed by atoms with Crippen molar-refractivity contribution in [3.8, 4) is 11.5 Å². The molecule has 0 aromatic heterocycles. The number of halogens is 7. The predicted molar refractivity (Wildman–Crippen MR) is 97.0 cm³/mol. The first-order valence-electron chi connectivity index (χ1n) is 7.53. The van der Waals surface area contributed by atoms with Gasteiger partial charge in [0.25, 0.3) is 0 Å². The largest absolute Gasteiger partial charge is 0.573 e. The van der Waals surface area contributed by atoms with E-state index in [2.05, 4.69) is 25.4 Å². The number of nitrogen functional groups attached to an aromatic ring is 2. The van der Waals surface area contributed by atoms with Gasteiger partial charge in [-0.25, -0.2) is 0 Å². The van der Waals surface area contributed by atoms with Crippen molar-refractivity contribution in [2.24, 2.45) is 0 Å². The van der Waals surface area contributed by atoms with Crippen molar-refractivity contribution in [2.45, 2.75) is 33.5 Å². The summed E-state index contributed by atoms with van der Waals surface area (Å²) in [6.07, 6.45) is -9.42. The smallest absolute Gasteiger partial charge is 0.404 e. The third kappa shape index (κ3) is 7.75. The van der Waals surface area contributed by atoms with Crippen molar-refractivity contribution < 1.29 is 35.8 Å². The van der Waals surface area contributed by atoms with Crippen LogP contribution in [-0.2, 0) is 0 Å². The molecule has 0 amide bonds. The Morgan fingerprint density at radius 3 is 1.46 bits per heavy atom. The molecule has 0 aliphatic rings. The van der Waals surface area contributed by atoms with E-state index in [4.69, 9.17) is 11.5 Å².